The van der Waals surface area contributed by atoms with Crippen molar-refractivity contribution in [3.05, 3.63) is 95.6 Å². The fourth-order valence-electron chi connectivity index (χ4n) is 3.77. The maximum atomic E-state index is 6.76. The van der Waals surface area contributed by atoms with Crippen LogP contribution < -0.4 is 15.2 Å². The van der Waals surface area contributed by atoms with E-state index < -0.39 is 5.72 Å². The van der Waals surface area contributed by atoms with E-state index in [2.05, 4.69) is 36.4 Å². The highest BCUT2D eigenvalue weighted by molar-refractivity contribution is 6.00. The SMILES string of the molecule is COc1ccc2c(c1)CC(c1ccccc1)=C2C(C)(N)Oc1ccccc1.Cl. The van der Waals surface area contributed by atoms with Gasteiger partial charge in [-0.05, 0) is 59.9 Å². The first-order valence-electron chi connectivity index (χ1n) is 9.08. The van der Waals surface area contributed by atoms with Crippen molar-refractivity contribution in [1.82, 2.24) is 0 Å². The lowest BCUT2D eigenvalue weighted by Crippen LogP contribution is -2.43. The number of halogens is 1. The Hall–Kier alpha value is -2.75. The van der Waals surface area contributed by atoms with E-state index in [1.807, 2.05) is 49.4 Å². The summed E-state index contributed by atoms with van der Waals surface area (Å²) >= 11 is 0. The monoisotopic (exact) mass is 393 g/mol. The van der Waals surface area contributed by atoms with E-state index in [9.17, 15) is 0 Å². The van der Waals surface area contributed by atoms with Gasteiger partial charge >= 0.3 is 0 Å². The molecule has 0 amide bonds. The molecule has 0 saturated carbocycles. The van der Waals surface area contributed by atoms with Crippen LogP contribution in [0.2, 0.25) is 0 Å². The first-order chi connectivity index (χ1) is 13.1. The van der Waals surface area contributed by atoms with Crippen LogP contribution in [0, 0.1) is 0 Å². The second-order valence-electron chi connectivity index (χ2n) is 6.94. The van der Waals surface area contributed by atoms with Crippen molar-refractivity contribution in [3.8, 4) is 11.5 Å². The summed E-state index contributed by atoms with van der Waals surface area (Å²) in [6, 6.07) is 26.2. The largest absolute Gasteiger partial charge is 0.497 e. The number of hydrogen-bond donors (Lipinski definition) is 1. The minimum atomic E-state index is -0.966. The lowest BCUT2D eigenvalue weighted by molar-refractivity contribution is 0.160. The van der Waals surface area contributed by atoms with Crippen molar-refractivity contribution in [2.45, 2.75) is 19.1 Å². The smallest absolute Gasteiger partial charge is 0.182 e. The van der Waals surface area contributed by atoms with Gasteiger partial charge in [-0.2, -0.15) is 0 Å². The van der Waals surface area contributed by atoms with Crippen LogP contribution >= 0.6 is 12.4 Å². The summed E-state index contributed by atoms with van der Waals surface area (Å²) in [7, 11) is 1.69. The summed E-state index contributed by atoms with van der Waals surface area (Å²) < 4.78 is 11.7. The average Bonchev–Trinajstić information content (AvgIpc) is 3.08. The Balaban J connectivity index is 0.00000225. The highest BCUT2D eigenvalue weighted by Gasteiger charge is 2.36. The van der Waals surface area contributed by atoms with Crippen molar-refractivity contribution in [3.63, 3.8) is 0 Å². The van der Waals surface area contributed by atoms with E-state index in [1.165, 1.54) is 11.1 Å². The van der Waals surface area contributed by atoms with Crippen molar-refractivity contribution >= 4 is 23.6 Å². The van der Waals surface area contributed by atoms with Crippen molar-refractivity contribution < 1.29 is 9.47 Å². The fraction of sp³-hybridized carbons (Fsp3) is 0.167. The summed E-state index contributed by atoms with van der Waals surface area (Å²) in [5, 5.41) is 0. The van der Waals surface area contributed by atoms with Gasteiger partial charge in [0, 0.05) is 5.57 Å². The normalized spacial score (nSPS) is 14.7. The molecular weight excluding hydrogens is 370 g/mol. The van der Waals surface area contributed by atoms with Gasteiger partial charge in [0.15, 0.2) is 5.72 Å². The molecule has 0 saturated heterocycles. The topological polar surface area (TPSA) is 44.5 Å². The van der Waals surface area contributed by atoms with Gasteiger partial charge in [0.1, 0.15) is 11.5 Å². The van der Waals surface area contributed by atoms with Crippen molar-refractivity contribution in [1.29, 1.82) is 0 Å². The van der Waals surface area contributed by atoms with Crippen LogP contribution in [0.3, 0.4) is 0 Å². The third-order valence-electron chi connectivity index (χ3n) is 4.94. The minimum absolute atomic E-state index is 0. The van der Waals surface area contributed by atoms with E-state index in [-0.39, 0.29) is 12.4 Å². The van der Waals surface area contributed by atoms with E-state index in [1.54, 1.807) is 7.11 Å². The minimum Gasteiger partial charge on any atom is -0.497 e. The van der Waals surface area contributed by atoms with Crippen LogP contribution in [-0.2, 0) is 6.42 Å². The Kier molecular flexibility index (Phi) is 5.78. The predicted octanol–water partition coefficient (Wildman–Crippen LogP) is 5.34. The molecule has 28 heavy (non-hydrogen) atoms. The zero-order valence-electron chi connectivity index (χ0n) is 16.0. The van der Waals surface area contributed by atoms with E-state index >= 15 is 0 Å². The number of benzene rings is 3. The average molecular weight is 394 g/mol. The lowest BCUT2D eigenvalue weighted by atomic mass is 9.93. The summed E-state index contributed by atoms with van der Waals surface area (Å²) in [5.41, 5.74) is 11.5. The molecule has 0 bridgehead atoms. The number of ether oxygens (including phenoxy) is 2. The maximum Gasteiger partial charge on any atom is 0.182 e. The lowest BCUT2D eigenvalue weighted by Gasteiger charge is -2.30. The van der Waals surface area contributed by atoms with Crippen LogP contribution in [0.25, 0.3) is 11.1 Å². The first-order valence-corrected chi connectivity index (χ1v) is 9.08. The number of allylic oxidation sites excluding steroid dienone is 1. The maximum absolute atomic E-state index is 6.76. The number of hydrogen-bond acceptors (Lipinski definition) is 3. The van der Waals surface area contributed by atoms with Gasteiger partial charge in [-0.25, -0.2) is 0 Å². The molecule has 1 aliphatic rings. The third kappa shape index (κ3) is 3.77. The molecule has 0 fully saturated rings. The molecule has 3 aromatic rings. The number of nitrogens with two attached hydrogens (primary N) is 1. The quantitative estimate of drug-likeness (QED) is 0.595. The molecule has 0 aromatic heterocycles. The Morgan fingerprint density at radius 1 is 0.857 bits per heavy atom. The zero-order valence-corrected chi connectivity index (χ0v) is 16.8. The molecule has 3 nitrogen and oxygen atoms in total. The zero-order chi connectivity index (χ0) is 18.9. The number of methoxy groups -OCH3 is 1. The van der Waals surface area contributed by atoms with E-state index in [0.717, 1.165) is 34.6 Å². The fourth-order valence-corrected chi connectivity index (χ4v) is 3.77. The van der Waals surface area contributed by atoms with E-state index in [4.69, 9.17) is 15.2 Å². The summed E-state index contributed by atoms with van der Waals surface area (Å²) in [5.74, 6) is 1.61. The standard InChI is InChI=1S/C24H23NO2.ClH/c1-24(25,27-19-11-7-4-8-12-19)23-21-14-13-20(26-2)15-18(21)16-22(23)17-9-5-3-6-10-17;/h3-15H,16,25H2,1-2H3;1H. The Bertz CT molecular complexity index is 982. The van der Waals surface area contributed by atoms with E-state index in [0.29, 0.717) is 0 Å². The van der Waals surface area contributed by atoms with Gasteiger partial charge in [-0.15, -0.1) is 12.4 Å². The predicted molar refractivity (Wildman–Crippen MR) is 117 cm³/mol. The molecule has 0 heterocycles. The van der Waals surface area contributed by atoms with Gasteiger partial charge in [0.2, 0.25) is 0 Å². The summed E-state index contributed by atoms with van der Waals surface area (Å²) in [4.78, 5) is 0. The Labute approximate surface area is 172 Å². The third-order valence-corrected chi connectivity index (χ3v) is 4.94. The van der Waals surface area contributed by atoms with Gasteiger partial charge in [0.05, 0.1) is 7.11 Å². The second-order valence-corrected chi connectivity index (χ2v) is 6.94. The van der Waals surface area contributed by atoms with Crippen LogP contribution in [0.15, 0.2) is 78.9 Å². The summed E-state index contributed by atoms with van der Waals surface area (Å²) in [6.07, 6.45) is 0.802. The first kappa shape index (κ1) is 20.0. The number of para-hydroxylation sites is 1. The van der Waals surface area contributed by atoms with Gasteiger partial charge in [0.25, 0.3) is 0 Å². The molecule has 4 heteroatoms. The number of rotatable bonds is 5. The Morgan fingerprint density at radius 2 is 1.50 bits per heavy atom. The molecule has 144 valence electrons. The molecule has 0 spiro atoms. The molecule has 1 unspecified atom stereocenters. The van der Waals surface area contributed by atoms with Crippen molar-refractivity contribution in [2.75, 3.05) is 7.11 Å². The highest BCUT2D eigenvalue weighted by atomic mass is 35.5. The van der Waals surface area contributed by atoms with Crippen LogP contribution in [0.4, 0.5) is 0 Å². The summed E-state index contributed by atoms with van der Waals surface area (Å²) in [6.45, 7) is 1.93. The van der Waals surface area contributed by atoms with Crippen LogP contribution in [0.1, 0.15) is 23.6 Å². The van der Waals surface area contributed by atoms with Crippen molar-refractivity contribution in [2.24, 2.45) is 5.73 Å². The molecular formula is C24H24ClNO2. The highest BCUT2D eigenvalue weighted by Crippen LogP contribution is 2.44. The van der Waals surface area contributed by atoms with Gasteiger partial charge in [-0.1, -0.05) is 54.6 Å². The molecule has 3 aromatic carbocycles. The van der Waals surface area contributed by atoms with Crippen LogP contribution in [0.5, 0.6) is 11.5 Å². The second kappa shape index (κ2) is 8.09. The van der Waals surface area contributed by atoms with Gasteiger partial charge < -0.3 is 9.47 Å². The molecule has 1 aliphatic carbocycles. The molecule has 1 atom stereocenters. The number of fused-ring (bicyclic) bond motifs is 1. The molecule has 2 N–H and O–H groups in total. The van der Waals surface area contributed by atoms with Crippen LogP contribution in [-0.4, -0.2) is 12.8 Å². The molecule has 0 aliphatic heterocycles. The molecule has 4 rings (SSSR count). The van der Waals surface area contributed by atoms with Gasteiger partial charge in [-0.3, -0.25) is 5.73 Å². The molecule has 0 radical (unpaired) electrons. The Morgan fingerprint density at radius 3 is 2.14 bits per heavy atom.